The van der Waals surface area contributed by atoms with Gasteiger partial charge in [-0.3, -0.25) is 4.79 Å². The number of rotatable bonds is 4. The van der Waals surface area contributed by atoms with E-state index in [0.717, 1.165) is 0 Å². The number of halogens is 2. The predicted molar refractivity (Wildman–Crippen MR) is 119 cm³/mol. The van der Waals surface area contributed by atoms with E-state index < -0.39 is 10.0 Å². The first-order valence-corrected chi connectivity index (χ1v) is 12.0. The average molecular weight is 482 g/mol. The summed E-state index contributed by atoms with van der Waals surface area (Å²) in [6, 6.07) is 11.1. The Balaban J connectivity index is 1.47. The van der Waals surface area contributed by atoms with Crippen molar-refractivity contribution in [3.63, 3.8) is 0 Å². The van der Waals surface area contributed by atoms with Gasteiger partial charge in [-0.25, -0.2) is 18.1 Å². The highest BCUT2D eigenvalue weighted by atomic mass is 35.5. The Hall–Kier alpha value is -2.13. The fourth-order valence-corrected chi connectivity index (χ4v) is 6.27. The van der Waals surface area contributed by atoms with Crippen molar-refractivity contribution in [2.75, 3.05) is 24.5 Å². The van der Waals surface area contributed by atoms with E-state index in [1.807, 2.05) is 6.07 Å². The van der Waals surface area contributed by atoms with Crippen LogP contribution >= 0.6 is 23.2 Å². The Morgan fingerprint density at radius 3 is 2.26 bits per heavy atom. The molecule has 0 saturated carbocycles. The Bertz CT molecular complexity index is 1130. The van der Waals surface area contributed by atoms with Crippen molar-refractivity contribution < 1.29 is 18.0 Å². The van der Waals surface area contributed by atoms with Crippen molar-refractivity contribution in [3.8, 4) is 0 Å². The standard InChI is InChI=1S/C21H21Cl2N3O4S/c1-14-11-19(18(23)12-17(14)22)31(29,30)24-9-7-15(8-10-24)25-13-20(27)26(21(25)28)16-5-3-2-4-6-16/h2-6,11-12,15H,7-10,13H2,1H3. The number of sulfonamides is 1. The summed E-state index contributed by atoms with van der Waals surface area (Å²) in [5, 5.41) is 0.486. The van der Waals surface area contributed by atoms with Gasteiger partial charge in [0.15, 0.2) is 0 Å². The van der Waals surface area contributed by atoms with Crippen molar-refractivity contribution in [2.45, 2.75) is 30.7 Å². The fraction of sp³-hybridized carbons (Fsp3) is 0.333. The molecule has 4 rings (SSSR count). The summed E-state index contributed by atoms with van der Waals surface area (Å²) in [5.41, 5.74) is 1.16. The van der Waals surface area contributed by atoms with Crippen molar-refractivity contribution >= 4 is 50.9 Å². The molecule has 2 aliphatic rings. The number of carbonyl (C=O) groups is 2. The molecule has 7 nitrogen and oxygen atoms in total. The Morgan fingerprint density at radius 2 is 1.61 bits per heavy atom. The predicted octanol–water partition coefficient (Wildman–Crippen LogP) is 3.92. The van der Waals surface area contributed by atoms with E-state index in [1.165, 1.54) is 21.3 Å². The molecule has 31 heavy (non-hydrogen) atoms. The number of anilines is 1. The van der Waals surface area contributed by atoms with Gasteiger partial charge in [0.25, 0.3) is 5.91 Å². The van der Waals surface area contributed by atoms with Gasteiger partial charge in [-0.2, -0.15) is 4.31 Å². The fourth-order valence-electron chi connectivity index (χ4n) is 4.00. The summed E-state index contributed by atoms with van der Waals surface area (Å²) in [6.07, 6.45) is 0.871. The number of hydrogen-bond donors (Lipinski definition) is 0. The summed E-state index contributed by atoms with van der Waals surface area (Å²) >= 11 is 12.2. The zero-order chi connectivity index (χ0) is 22.3. The van der Waals surface area contributed by atoms with Gasteiger partial charge in [-0.1, -0.05) is 41.4 Å². The van der Waals surface area contributed by atoms with E-state index in [2.05, 4.69) is 0 Å². The van der Waals surface area contributed by atoms with Gasteiger partial charge in [0.1, 0.15) is 11.4 Å². The number of amides is 3. The summed E-state index contributed by atoms with van der Waals surface area (Å²) in [4.78, 5) is 28.1. The molecule has 0 bridgehead atoms. The second-order valence-electron chi connectivity index (χ2n) is 7.64. The number of carbonyl (C=O) groups excluding carboxylic acids is 2. The van der Waals surface area contributed by atoms with Crippen LogP contribution in [0.25, 0.3) is 0 Å². The van der Waals surface area contributed by atoms with Crippen LogP contribution in [0.1, 0.15) is 18.4 Å². The van der Waals surface area contributed by atoms with Crippen molar-refractivity contribution in [1.29, 1.82) is 0 Å². The number of para-hydroxylation sites is 1. The SMILES string of the molecule is Cc1cc(S(=O)(=O)N2CCC(N3CC(=O)N(c4ccccc4)C3=O)CC2)c(Cl)cc1Cl. The van der Waals surface area contributed by atoms with Gasteiger partial charge in [0, 0.05) is 24.2 Å². The minimum absolute atomic E-state index is 0.00660. The molecule has 2 aromatic rings. The Morgan fingerprint density at radius 1 is 0.968 bits per heavy atom. The lowest BCUT2D eigenvalue weighted by Gasteiger charge is -2.35. The molecular weight excluding hydrogens is 461 g/mol. The topological polar surface area (TPSA) is 78.0 Å². The second kappa shape index (κ2) is 8.43. The number of aryl methyl sites for hydroxylation is 1. The summed E-state index contributed by atoms with van der Waals surface area (Å²) < 4.78 is 27.6. The van der Waals surface area contributed by atoms with Gasteiger partial charge in [0.2, 0.25) is 10.0 Å². The van der Waals surface area contributed by atoms with E-state index >= 15 is 0 Å². The lowest BCUT2D eigenvalue weighted by Crippen LogP contribution is -2.48. The second-order valence-corrected chi connectivity index (χ2v) is 10.4. The third-order valence-corrected chi connectivity index (χ3v) is 8.47. The third-order valence-electron chi connectivity index (χ3n) is 5.70. The molecule has 0 aromatic heterocycles. The lowest BCUT2D eigenvalue weighted by molar-refractivity contribution is -0.116. The van der Waals surface area contributed by atoms with Crippen LogP contribution in [-0.4, -0.2) is 55.2 Å². The van der Waals surface area contributed by atoms with Crippen LogP contribution in [0.3, 0.4) is 0 Å². The highest BCUT2D eigenvalue weighted by Crippen LogP contribution is 2.33. The maximum Gasteiger partial charge on any atom is 0.332 e. The number of urea groups is 1. The van der Waals surface area contributed by atoms with E-state index in [4.69, 9.17) is 23.2 Å². The first-order valence-electron chi connectivity index (χ1n) is 9.84. The molecule has 0 radical (unpaired) electrons. The van der Waals surface area contributed by atoms with E-state index in [1.54, 1.807) is 36.1 Å². The molecule has 164 valence electrons. The van der Waals surface area contributed by atoms with Gasteiger partial charge in [-0.05, 0) is 49.6 Å². The molecule has 2 saturated heterocycles. The summed E-state index contributed by atoms with van der Waals surface area (Å²) in [6.45, 7) is 2.17. The molecule has 2 fully saturated rings. The van der Waals surface area contributed by atoms with Crippen LogP contribution in [0.5, 0.6) is 0 Å². The summed E-state index contributed by atoms with van der Waals surface area (Å²) in [7, 11) is -3.80. The smallest absolute Gasteiger partial charge is 0.312 e. The van der Waals surface area contributed by atoms with Crippen LogP contribution in [0.4, 0.5) is 10.5 Å². The molecular formula is C21H21Cl2N3O4S. The third kappa shape index (κ3) is 4.05. The lowest BCUT2D eigenvalue weighted by atomic mass is 10.1. The molecule has 2 aliphatic heterocycles. The van der Waals surface area contributed by atoms with Crippen LogP contribution in [0.15, 0.2) is 47.4 Å². The van der Waals surface area contributed by atoms with Gasteiger partial charge in [0.05, 0.1) is 10.7 Å². The molecule has 0 aliphatic carbocycles. The largest absolute Gasteiger partial charge is 0.332 e. The Kier molecular flexibility index (Phi) is 6.00. The minimum Gasteiger partial charge on any atom is -0.312 e. The van der Waals surface area contributed by atoms with E-state index in [9.17, 15) is 18.0 Å². The highest BCUT2D eigenvalue weighted by molar-refractivity contribution is 7.89. The first-order chi connectivity index (χ1) is 14.7. The van der Waals surface area contributed by atoms with E-state index in [-0.39, 0.29) is 47.5 Å². The number of benzene rings is 2. The van der Waals surface area contributed by atoms with Gasteiger partial charge < -0.3 is 4.90 Å². The van der Waals surface area contributed by atoms with Gasteiger partial charge in [-0.15, -0.1) is 0 Å². The zero-order valence-corrected chi connectivity index (χ0v) is 19.1. The monoisotopic (exact) mass is 481 g/mol. The quantitative estimate of drug-likeness (QED) is 0.619. The number of piperidine rings is 1. The van der Waals surface area contributed by atoms with Crippen molar-refractivity contribution in [3.05, 3.63) is 58.1 Å². The summed E-state index contributed by atoms with van der Waals surface area (Å²) in [5.74, 6) is -0.283. The zero-order valence-electron chi connectivity index (χ0n) is 16.8. The molecule has 10 heteroatoms. The average Bonchev–Trinajstić information content (AvgIpc) is 3.05. The number of hydrogen-bond acceptors (Lipinski definition) is 4. The first kappa shape index (κ1) is 22.1. The minimum atomic E-state index is -3.80. The van der Waals surface area contributed by atoms with E-state index in [0.29, 0.717) is 29.1 Å². The van der Waals surface area contributed by atoms with Crippen molar-refractivity contribution in [1.82, 2.24) is 9.21 Å². The maximum absolute atomic E-state index is 13.1. The number of imide groups is 1. The molecule has 0 unspecified atom stereocenters. The molecule has 0 atom stereocenters. The maximum atomic E-state index is 13.1. The molecule has 3 amide bonds. The Labute approximate surface area is 191 Å². The van der Waals surface area contributed by atoms with Crippen LogP contribution in [0.2, 0.25) is 10.0 Å². The molecule has 2 heterocycles. The van der Waals surface area contributed by atoms with Crippen LogP contribution in [-0.2, 0) is 14.8 Å². The molecule has 0 spiro atoms. The van der Waals surface area contributed by atoms with Crippen LogP contribution < -0.4 is 4.90 Å². The van der Waals surface area contributed by atoms with Gasteiger partial charge >= 0.3 is 6.03 Å². The number of nitrogens with zero attached hydrogens (tertiary/aromatic N) is 3. The molecule has 2 aromatic carbocycles. The normalized spacial score (nSPS) is 18.8. The van der Waals surface area contributed by atoms with Crippen LogP contribution in [0, 0.1) is 6.92 Å². The van der Waals surface area contributed by atoms with Crippen molar-refractivity contribution in [2.24, 2.45) is 0 Å². The highest BCUT2D eigenvalue weighted by Gasteiger charge is 2.42. The molecule has 0 N–H and O–H groups in total.